The first-order valence-electron chi connectivity index (χ1n) is 7.03. The fraction of sp³-hybridized carbons (Fsp3) is 0.500. The molecule has 7 heteroatoms. The molecule has 0 atom stereocenters. The number of rotatable bonds is 3. The maximum atomic E-state index is 12.6. The Hall–Kier alpha value is -0.920. The minimum Gasteiger partial charge on any atom is -0.340 e. The van der Waals surface area contributed by atoms with Crippen LogP contribution in [0, 0.1) is 5.92 Å². The van der Waals surface area contributed by atoms with Gasteiger partial charge >= 0.3 is 0 Å². The molecule has 3 rings (SSSR count). The van der Waals surface area contributed by atoms with E-state index < -0.39 is 10.0 Å². The van der Waals surface area contributed by atoms with E-state index in [0.717, 1.165) is 12.8 Å². The van der Waals surface area contributed by atoms with Crippen molar-refractivity contribution >= 4 is 31.9 Å². The number of nitrogens with zero attached hydrogens (tertiary/aromatic N) is 2. The monoisotopic (exact) mass is 372 g/mol. The second-order valence-corrected chi connectivity index (χ2v) is 8.19. The molecule has 5 nitrogen and oxygen atoms in total. The Balaban J connectivity index is 1.71. The van der Waals surface area contributed by atoms with Crippen LogP contribution in [0.25, 0.3) is 0 Å². The third-order valence-corrected chi connectivity index (χ3v) is 6.84. The molecule has 1 aromatic carbocycles. The van der Waals surface area contributed by atoms with Gasteiger partial charge in [0.2, 0.25) is 15.9 Å². The molecule has 0 radical (unpaired) electrons. The van der Waals surface area contributed by atoms with E-state index in [-0.39, 0.29) is 16.7 Å². The molecule has 0 unspecified atom stereocenters. The largest absolute Gasteiger partial charge is 0.340 e. The molecule has 1 heterocycles. The van der Waals surface area contributed by atoms with Gasteiger partial charge < -0.3 is 4.90 Å². The predicted molar refractivity (Wildman–Crippen MR) is 82.2 cm³/mol. The van der Waals surface area contributed by atoms with Crippen molar-refractivity contribution in [2.45, 2.75) is 17.7 Å². The summed E-state index contributed by atoms with van der Waals surface area (Å²) in [6, 6.07) is 6.82. The molecule has 2 fully saturated rings. The fourth-order valence-electron chi connectivity index (χ4n) is 2.53. The van der Waals surface area contributed by atoms with E-state index in [1.807, 2.05) is 0 Å². The number of sulfonamides is 1. The van der Waals surface area contributed by atoms with Gasteiger partial charge in [0, 0.05) is 36.6 Å². The molecule has 1 aliphatic heterocycles. The van der Waals surface area contributed by atoms with Crippen molar-refractivity contribution in [3.05, 3.63) is 28.7 Å². The van der Waals surface area contributed by atoms with Crippen molar-refractivity contribution in [1.82, 2.24) is 9.21 Å². The van der Waals surface area contributed by atoms with Crippen molar-refractivity contribution in [3.8, 4) is 0 Å². The van der Waals surface area contributed by atoms with Crippen molar-refractivity contribution < 1.29 is 13.2 Å². The summed E-state index contributed by atoms with van der Waals surface area (Å²) in [5.41, 5.74) is 0. The lowest BCUT2D eigenvalue weighted by molar-refractivity contribution is -0.133. The lowest BCUT2D eigenvalue weighted by atomic mass is 10.3. The van der Waals surface area contributed by atoms with Gasteiger partial charge in [-0.1, -0.05) is 12.1 Å². The van der Waals surface area contributed by atoms with Crippen LogP contribution < -0.4 is 0 Å². The van der Waals surface area contributed by atoms with Crippen LogP contribution in [0.15, 0.2) is 33.6 Å². The first-order valence-corrected chi connectivity index (χ1v) is 9.27. The van der Waals surface area contributed by atoms with Crippen LogP contribution in [0.5, 0.6) is 0 Å². The van der Waals surface area contributed by atoms with Crippen LogP contribution in [0.3, 0.4) is 0 Å². The van der Waals surface area contributed by atoms with Crippen molar-refractivity contribution in [2.24, 2.45) is 5.92 Å². The number of hydrogen-bond donors (Lipinski definition) is 0. The van der Waals surface area contributed by atoms with E-state index >= 15 is 0 Å². The Labute approximate surface area is 133 Å². The van der Waals surface area contributed by atoms with E-state index in [1.54, 1.807) is 29.2 Å². The smallest absolute Gasteiger partial charge is 0.244 e. The number of halogens is 1. The Bertz CT molecular complexity index is 650. The molecule has 21 heavy (non-hydrogen) atoms. The quantitative estimate of drug-likeness (QED) is 0.810. The zero-order valence-electron chi connectivity index (χ0n) is 11.5. The van der Waals surface area contributed by atoms with Crippen LogP contribution in [-0.2, 0) is 14.8 Å². The maximum absolute atomic E-state index is 12.6. The lowest BCUT2D eigenvalue weighted by Crippen LogP contribution is -2.50. The molecule has 2 aliphatic rings. The number of hydrogen-bond acceptors (Lipinski definition) is 3. The summed E-state index contributed by atoms with van der Waals surface area (Å²) < 4.78 is 27.3. The first-order chi connectivity index (χ1) is 10.00. The highest BCUT2D eigenvalue weighted by Crippen LogP contribution is 2.32. The van der Waals surface area contributed by atoms with Crippen molar-refractivity contribution in [1.29, 1.82) is 0 Å². The molecular formula is C14H17BrN2O3S. The van der Waals surface area contributed by atoms with E-state index in [4.69, 9.17) is 0 Å². The summed E-state index contributed by atoms with van der Waals surface area (Å²) >= 11 is 3.29. The molecule has 0 N–H and O–H groups in total. The summed E-state index contributed by atoms with van der Waals surface area (Å²) in [4.78, 5) is 14.1. The molecule has 1 aromatic rings. The molecule has 114 valence electrons. The van der Waals surface area contributed by atoms with Gasteiger partial charge in [-0.15, -0.1) is 0 Å². The molecule has 1 saturated carbocycles. The number of carbonyl (C=O) groups excluding carboxylic acids is 1. The van der Waals surface area contributed by atoms with Crippen LogP contribution in [0.4, 0.5) is 0 Å². The summed E-state index contributed by atoms with van der Waals surface area (Å²) in [6.45, 7) is 1.70. The van der Waals surface area contributed by atoms with Gasteiger partial charge in [0.25, 0.3) is 0 Å². The molecule has 1 saturated heterocycles. The Morgan fingerprint density at radius 3 is 2.29 bits per heavy atom. The van der Waals surface area contributed by atoms with Gasteiger partial charge in [0.1, 0.15) is 0 Å². The highest BCUT2D eigenvalue weighted by atomic mass is 79.9. The maximum Gasteiger partial charge on any atom is 0.244 e. The number of benzene rings is 1. The average Bonchev–Trinajstić information content (AvgIpc) is 3.31. The van der Waals surface area contributed by atoms with Crippen LogP contribution in [0.2, 0.25) is 0 Å². The van der Waals surface area contributed by atoms with E-state index in [0.29, 0.717) is 30.7 Å². The Kier molecular flexibility index (Phi) is 4.07. The number of carbonyl (C=O) groups is 1. The standard InChI is InChI=1S/C14H17BrN2O3S/c15-12-3-1-2-4-13(12)21(19,20)17-9-7-16(8-10-17)14(18)11-5-6-11/h1-4,11H,5-10H2. The molecular weight excluding hydrogens is 356 g/mol. The summed E-state index contributed by atoms with van der Waals surface area (Å²) in [7, 11) is -3.50. The average molecular weight is 373 g/mol. The van der Waals surface area contributed by atoms with Crippen LogP contribution in [0.1, 0.15) is 12.8 Å². The van der Waals surface area contributed by atoms with Crippen LogP contribution >= 0.6 is 15.9 Å². The Morgan fingerprint density at radius 1 is 1.10 bits per heavy atom. The molecule has 0 aromatic heterocycles. The minimum absolute atomic E-state index is 0.188. The van der Waals surface area contributed by atoms with E-state index in [1.165, 1.54) is 4.31 Å². The summed E-state index contributed by atoms with van der Waals surface area (Å²) in [5.74, 6) is 0.379. The highest BCUT2D eigenvalue weighted by Gasteiger charge is 2.36. The molecule has 1 aliphatic carbocycles. The number of amides is 1. The predicted octanol–water partition coefficient (Wildman–Crippen LogP) is 1.69. The van der Waals surface area contributed by atoms with Crippen molar-refractivity contribution in [3.63, 3.8) is 0 Å². The lowest BCUT2D eigenvalue weighted by Gasteiger charge is -2.34. The second-order valence-electron chi connectivity index (χ2n) is 5.43. The van der Waals surface area contributed by atoms with Crippen molar-refractivity contribution in [2.75, 3.05) is 26.2 Å². The van der Waals surface area contributed by atoms with E-state index in [9.17, 15) is 13.2 Å². The van der Waals surface area contributed by atoms with E-state index in [2.05, 4.69) is 15.9 Å². The normalized spacial score (nSPS) is 20.5. The fourth-order valence-corrected chi connectivity index (χ4v) is 4.92. The SMILES string of the molecule is O=C(C1CC1)N1CCN(S(=O)(=O)c2ccccc2Br)CC1. The van der Waals surface area contributed by atoms with Crippen LogP contribution in [-0.4, -0.2) is 49.7 Å². The third-order valence-electron chi connectivity index (χ3n) is 3.93. The third kappa shape index (κ3) is 3.00. The number of piperazine rings is 1. The zero-order valence-corrected chi connectivity index (χ0v) is 13.9. The molecule has 1 amide bonds. The zero-order chi connectivity index (χ0) is 15.0. The van der Waals surface area contributed by atoms with Gasteiger partial charge in [0.15, 0.2) is 0 Å². The first kappa shape index (κ1) is 15.0. The topological polar surface area (TPSA) is 57.7 Å². The second kappa shape index (κ2) is 5.70. The van der Waals surface area contributed by atoms with Gasteiger partial charge in [-0.25, -0.2) is 8.42 Å². The minimum atomic E-state index is -3.50. The van der Waals surface area contributed by atoms with Gasteiger partial charge in [-0.05, 0) is 40.9 Å². The highest BCUT2D eigenvalue weighted by molar-refractivity contribution is 9.10. The van der Waals surface area contributed by atoms with Gasteiger partial charge in [0.05, 0.1) is 4.90 Å². The Morgan fingerprint density at radius 2 is 1.71 bits per heavy atom. The van der Waals surface area contributed by atoms with Gasteiger partial charge in [-0.2, -0.15) is 4.31 Å². The summed E-state index contributed by atoms with van der Waals surface area (Å²) in [6.07, 6.45) is 1.96. The molecule has 0 spiro atoms. The summed E-state index contributed by atoms with van der Waals surface area (Å²) in [5, 5.41) is 0. The molecule has 0 bridgehead atoms. The van der Waals surface area contributed by atoms with Gasteiger partial charge in [-0.3, -0.25) is 4.79 Å².